The van der Waals surface area contributed by atoms with E-state index in [0.717, 1.165) is 15.2 Å². The lowest BCUT2D eigenvalue weighted by Gasteiger charge is -2.00. The van der Waals surface area contributed by atoms with Gasteiger partial charge in [0.2, 0.25) is 5.95 Å². The number of hydrogen-bond acceptors (Lipinski definition) is 4. The van der Waals surface area contributed by atoms with Crippen LogP contribution in [-0.2, 0) is 0 Å². The van der Waals surface area contributed by atoms with Crippen LogP contribution in [0.2, 0.25) is 0 Å². The molecule has 2 aromatic heterocycles. The number of imidazole rings is 1. The summed E-state index contributed by atoms with van der Waals surface area (Å²) in [7, 11) is 0. The van der Waals surface area contributed by atoms with Crippen LogP contribution in [0.15, 0.2) is 6.33 Å². The van der Waals surface area contributed by atoms with Crippen LogP contribution in [0.25, 0.3) is 5.65 Å². The van der Waals surface area contributed by atoms with Crippen LogP contribution in [0.3, 0.4) is 0 Å². The molecule has 0 fully saturated rings. The monoisotopic (exact) mass is 303 g/mol. The highest BCUT2D eigenvalue weighted by Gasteiger charge is 2.14. The SMILES string of the molecule is CC(C)c1nc(I)n2c(N)ncnc12. The van der Waals surface area contributed by atoms with Gasteiger partial charge < -0.3 is 5.73 Å². The van der Waals surface area contributed by atoms with Crippen molar-refractivity contribution in [1.29, 1.82) is 0 Å². The standard InChI is InChI=1S/C8H10IN5/c1-4(2)5-6-11-3-12-8(10)14(6)7(9)13-5/h3-4H,1-2H3,(H2,10,11,12). The molecular formula is C8H10IN5. The topological polar surface area (TPSA) is 69.1 Å². The van der Waals surface area contributed by atoms with Crippen molar-refractivity contribution in [3.05, 3.63) is 15.9 Å². The first-order chi connectivity index (χ1) is 6.61. The second-order valence-electron chi connectivity index (χ2n) is 3.31. The van der Waals surface area contributed by atoms with Crippen molar-refractivity contribution < 1.29 is 0 Å². The summed E-state index contributed by atoms with van der Waals surface area (Å²) < 4.78 is 2.56. The maximum Gasteiger partial charge on any atom is 0.209 e. The molecule has 74 valence electrons. The third-order valence-electron chi connectivity index (χ3n) is 1.98. The first-order valence-electron chi connectivity index (χ1n) is 4.25. The van der Waals surface area contributed by atoms with E-state index < -0.39 is 0 Å². The van der Waals surface area contributed by atoms with E-state index in [0.29, 0.717) is 11.9 Å². The number of hydrogen-bond donors (Lipinski definition) is 1. The quantitative estimate of drug-likeness (QED) is 0.809. The molecule has 2 N–H and O–H groups in total. The molecule has 0 aliphatic carbocycles. The predicted octanol–water partition coefficient (Wildman–Crippen LogP) is 1.43. The van der Waals surface area contributed by atoms with Crippen LogP contribution >= 0.6 is 22.6 Å². The van der Waals surface area contributed by atoms with Gasteiger partial charge in [-0.1, -0.05) is 13.8 Å². The highest BCUT2D eigenvalue weighted by molar-refractivity contribution is 14.1. The van der Waals surface area contributed by atoms with E-state index in [4.69, 9.17) is 5.73 Å². The minimum Gasteiger partial charge on any atom is -0.369 e. The normalized spacial score (nSPS) is 11.4. The number of fused-ring (bicyclic) bond motifs is 1. The Morgan fingerprint density at radius 1 is 1.43 bits per heavy atom. The first-order valence-corrected chi connectivity index (χ1v) is 5.33. The van der Waals surface area contributed by atoms with E-state index in [1.807, 2.05) is 0 Å². The largest absolute Gasteiger partial charge is 0.369 e. The number of aromatic nitrogens is 4. The molecule has 0 amide bonds. The van der Waals surface area contributed by atoms with Crippen LogP contribution in [0.5, 0.6) is 0 Å². The van der Waals surface area contributed by atoms with Gasteiger partial charge in [-0.3, -0.25) is 0 Å². The molecule has 0 aliphatic heterocycles. The molecule has 0 aliphatic rings. The zero-order chi connectivity index (χ0) is 10.3. The summed E-state index contributed by atoms with van der Waals surface area (Å²) in [5.74, 6) is 0.765. The summed E-state index contributed by atoms with van der Waals surface area (Å²) in [6.45, 7) is 4.16. The van der Waals surface area contributed by atoms with Gasteiger partial charge in [-0.15, -0.1) is 0 Å². The summed E-state index contributed by atoms with van der Waals surface area (Å²) in [6, 6.07) is 0. The molecule has 0 saturated heterocycles. The van der Waals surface area contributed by atoms with Gasteiger partial charge >= 0.3 is 0 Å². The molecular weight excluding hydrogens is 293 g/mol. The van der Waals surface area contributed by atoms with Gasteiger partial charge in [0.1, 0.15) is 6.33 Å². The van der Waals surface area contributed by atoms with Crippen LogP contribution in [0, 0.1) is 3.83 Å². The van der Waals surface area contributed by atoms with E-state index in [1.165, 1.54) is 6.33 Å². The second-order valence-corrected chi connectivity index (χ2v) is 4.28. The van der Waals surface area contributed by atoms with Gasteiger partial charge in [-0.2, -0.15) is 0 Å². The van der Waals surface area contributed by atoms with E-state index in [2.05, 4.69) is 51.4 Å². The molecule has 0 saturated carbocycles. The Hall–Kier alpha value is -0.920. The van der Waals surface area contributed by atoms with Crippen molar-refractivity contribution in [3.8, 4) is 0 Å². The van der Waals surface area contributed by atoms with E-state index in [9.17, 15) is 0 Å². The molecule has 0 spiro atoms. The molecule has 0 atom stereocenters. The van der Waals surface area contributed by atoms with Crippen LogP contribution < -0.4 is 5.73 Å². The van der Waals surface area contributed by atoms with Crippen LogP contribution in [0.1, 0.15) is 25.5 Å². The lowest BCUT2D eigenvalue weighted by molar-refractivity contribution is 0.834. The smallest absolute Gasteiger partial charge is 0.209 e. The zero-order valence-corrected chi connectivity index (χ0v) is 10.1. The average molecular weight is 303 g/mol. The van der Waals surface area contributed by atoms with Crippen molar-refractivity contribution in [2.45, 2.75) is 19.8 Å². The predicted molar refractivity (Wildman–Crippen MR) is 62.0 cm³/mol. The molecule has 2 aromatic rings. The number of halogens is 1. The number of nitrogens with two attached hydrogens (primary N) is 1. The fraction of sp³-hybridized carbons (Fsp3) is 0.375. The molecule has 0 aromatic carbocycles. The molecule has 2 rings (SSSR count). The number of rotatable bonds is 1. The maximum atomic E-state index is 5.74. The van der Waals surface area contributed by atoms with E-state index in [-0.39, 0.29) is 0 Å². The van der Waals surface area contributed by atoms with Crippen molar-refractivity contribution in [3.63, 3.8) is 0 Å². The van der Waals surface area contributed by atoms with Crippen molar-refractivity contribution in [2.24, 2.45) is 0 Å². The first kappa shape index (κ1) is 9.63. The lowest BCUT2D eigenvalue weighted by Crippen LogP contribution is -2.03. The molecule has 0 radical (unpaired) electrons. The number of anilines is 1. The summed E-state index contributed by atoms with van der Waals surface area (Å²) in [6.07, 6.45) is 1.47. The van der Waals surface area contributed by atoms with Gasteiger partial charge in [0, 0.05) is 22.6 Å². The Kier molecular flexibility index (Phi) is 2.30. The Labute approximate surface area is 94.9 Å². The highest BCUT2D eigenvalue weighted by Crippen LogP contribution is 2.21. The van der Waals surface area contributed by atoms with Crippen molar-refractivity contribution >= 4 is 34.2 Å². The van der Waals surface area contributed by atoms with Gasteiger partial charge in [0.05, 0.1) is 5.69 Å². The molecule has 0 unspecified atom stereocenters. The number of nitrogen functional groups attached to an aromatic ring is 1. The highest BCUT2D eigenvalue weighted by atomic mass is 127. The lowest BCUT2D eigenvalue weighted by atomic mass is 10.1. The summed E-state index contributed by atoms with van der Waals surface area (Å²) in [4.78, 5) is 12.5. The molecule has 0 bridgehead atoms. The number of nitrogens with zero attached hydrogens (tertiary/aromatic N) is 4. The van der Waals surface area contributed by atoms with Gasteiger partial charge in [0.25, 0.3) is 0 Å². The molecule has 14 heavy (non-hydrogen) atoms. The Morgan fingerprint density at radius 3 is 2.79 bits per heavy atom. The maximum absolute atomic E-state index is 5.74. The Morgan fingerprint density at radius 2 is 2.14 bits per heavy atom. The van der Waals surface area contributed by atoms with E-state index in [1.54, 1.807) is 4.40 Å². The Bertz CT molecular complexity index is 476. The summed E-state index contributed by atoms with van der Waals surface area (Å²) in [5.41, 5.74) is 7.50. The third kappa shape index (κ3) is 1.33. The van der Waals surface area contributed by atoms with E-state index >= 15 is 0 Å². The molecule has 6 heteroatoms. The van der Waals surface area contributed by atoms with Gasteiger partial charge in [-0.05, 0) is 5.92 Å². The Balaban J connectivity index is 2.84. The van der Waals surface area contributed by atoms with Crippen molar-refractivity contribution in [2.75, 3.05) is 5.73 Å². The fourth-order valence-electron chi connectivity index (χ4n) is 1.32. The summed E-state index contributed by atoms with van der Waals surface area (Å²) >= 11 is 2.13. The molecule has 2 heterocycles. The average Bonchev–Trinajstić information content (AvgIpc) is 2.45. The fourth-order valence-corrected chi connectivity index (χ4v) is 2.05. The van der Waals surface area contributed by atoms with Crippen LogP contribution in [-0.4, -0.2) is 19.4 Å². The van der Waals surface area contributed by atoms with Crippen LogP contribution in [0.4, 0.5) is 5.95 Å². The minimum absolute atomic E-state index is 0.336. The zero-order valence-electron chi connectivity index (χ0n) is 7.90. The third-order valence-corrected chi connectivity index (χ3v) is 2.71. The minimum atomic E-state index is 0.336. The second kappa shape index (κ2) is 3.34. The molecule has 5 nitrogen and oxygen atoms in total. The van der Waals surface area contributed by atoms with Crippen molar-refractivity contribution in [1.82, 2.24) is 19.4 Å². The van der Waals surface area contributed by atoms with Gasteiger partial charge in [0.15, 0.2) is 9.48 Å². The summed E-state index contributed by atoms with van der Waals surface area (Å²) in [5, 5.41) is 0. The van der Waals surface area contributed by atoms with Gasteiger partial charge in [-0.25, -0.2) is 19.4 Å².